The molecule has 2 aromatic carbocycles. The van der Waals surface area contributed by atoms with E-state index in [1.165, 1.54) is 22.8 Å². The molecule has 0 radical (unpaired) electrons. The molecule has 1 amide bonds. The third-order valence-electron chi connectivity index (χ3n) is 3.29. The van der Waals surface area contributed by atoms with Crippen LogP contribution in [0.2, 0.25) is 0 Å². The molecule has 1 atom stereocenters. The number of ether oxygens (including phenoxy) is 1. The molecule has 1 heterocycles. The molecule has 0 fully saturated rings. The van der Waals surface area contributed by atoms with Gasteiger partial charge in [0.25, 0.3) is 0 Å². The molecule has 25 heavy (non-hydrogen) atoms. The summed E-state index contributed by atoms with van der Waals surface area (Å²) in [6.07, 6.45) is 1.39. The third kappa shape index (κ3) is 4.51. The summed E-state index contributed by atoms with van der Waals surface area (Å²) in [6.45, 7) is 1.78. The summed E-state index contributed by atoms with van der Waals surface area (Å²) in [4.78, 5) is 12.3. The van der Waals surface area contributed by atoms with E-state index in [-0.39, 0.29) is 11.2 Å². The van der Waals surface area contributed by atoms with Crippen molar-refractivity contribution in [2.45, 2.75) is 17.3 Å². The van der Waals surface area contributed by atoms with Gasteiger partial charge < -0.3 is 15.9 Å². The van der Waals surface area contributed by atoms with E-state index < -0.39 is 0 Å². The fourth-order valence-corrected chi connectivity index (χ4v) is 2.75. The van der Waals surface area contributed by atoms with Gasteiger partial charge in [-0.3, -0.25) is 4.79 Å². The Kier molecular flexibility index (Phi) is 5.20. The van der Waals surface area contributed by atoms with Gasteiger partial charge in [0, 0.05) is 5.69 Å². The number of nitrogens with zero attached hydrogens (tertiary/aromatic N) is 3. The molecule has 0 aliphatic heterocycles. The summed E-state index contributed by atoms with van der Waals surface area (Å²) in [5, 5.41) is 10.5. The van der Waals surface area contributed by atoms with E-state index in [0.29, 0.717) is 16.6 Å². The van der Waals surface area contributed by atoms with Crippen LogP contribution >= 0.6 is 11.8 Å². The molecule has 0 spiro atoms. The minimum Gasteiger partial charge on any atom is -0.457 e. The van der Waals surface area contributed by atoms with Crippen molar-refractivity contribution in [2.24, 2.45) is 0 Å². The number of thioether (sulfide) groups is 1. The highest BCUT2D eigenvalue weighted by Gasteiger charge is 2.17. The van der Waals surface area contributed by atoms with Crippen molar-refractivity contribution >= 4 is 23.4 Å². The smallest absolute Gasteiger partial charge is 0.237 e. The summed E-state index contributed by atoms with van der Waals surface area (Å²) in [5.41, 5.74) is 0.687. The van der Waals surface area contributed by atoms with E-state index in [9.17, 15) is 4.79 Å². The van der Waals surface area contributed by atoms with E-state index in [1.807, 2.05) is 30.3 Å². The Hall–Kier alpha value is -3.00. The highest BCUT2D eigenvalue weighted by atomic mass is 32.2. The third-order valence-corrected chi connectivity index (χ3v) is 4.36. The predicted octanol–water partition coefficient (Wildman–Crippen LogP) is 2.90. The van der Waals surface area contributed by atoms with Gasteiger partial charge in [0.1, 0.15) is 17.8 Å². The summed E-state index contributed by atoms with van der Waals surface area (Å²) < 4.78 is 7.00. The lowest BCUT2D eigenvalue weighted by atomic mass is 10.3. The van der Waals surface area contributed by atoms with Crippen LogP contribution in [-0.4, -0.2) is 26.0 Å². The zero-order valence-electron chi connectivity index (χ0n) is 13.5. The van der Waals surface area contributed by atoms with Gasteiger partial charge in [-0.15, -0.1) is 10.2 Å². The van der Waals surface area contributed by atoms with Gasteiger partial charge in [0.15, 0.2) is 0 Å². The zero-order chi connectivity index (χ0) is 17.6. The Balaban J connectivity index is 1.57. The zero-order valence-corrected chi connectivity index (χ0v) is 14.3. The van der Waals surface area contributed by atoms with Gasteiger partial charge in [-0.2, -0.15) is 0 Å². The molecule has 0 aliphatic rings. The second kappa shape index (κ2) is 7.71. The van der Waals surface area contributed by atoms with Gasteiger partial charge in [0.05, 0.1) is 5.25 Å². The van der Waals surface area contributed by atoms with Crippen LogP contribution in [0.5, 0.6) is 11.5 Å². The highest BCUT2D eigenvalue weighted by molar-refractivity contribution is 8.00. The Morgan fingerprint density at radius 1 is 1.16 bits per heavy atom. The van der Waals surface area contributed by atoms with Gasteiger partial charge >= 0.3 is 0 Å². The number of hydrogen-bond donors (Lipinski definition) is 2. The van der Waals surface area contributed by atoms with Gasteiger partial charge in [-0.1, -0.05) is 30.0 Å². The van der Waals surface area contributed by atoms with E-state index >= 15 is 0 Å². The average Bonchev–Trinajstić information content (AvgIpc) is 3.02. The minimum atomic E-state index is -0.369. The van der Waals surface area contributed by atoms with Crippen molar-refractivity contribution in [1.82, 2.24) is 14.9 Å². The first-order valence-electron chi connectivity index (χ1n) is 7.57. The largest absolute Gasteiger partial charge is 0.457 e. The molecule has 0 saturated carbocycles. The van der Waals surface area contributed by atoms with Crippen molar-refractivity contribution in [1.29, 1.82) is 0 Å². The van der Waals surface area contributed by atoms with Crippen LogP contribution < -0.4 is 15.9 Å². The van der Waals surface area contributed by atoms with Crippen molar-refractivity contribution < 1.29 is 9.53 Å². The van der Waals surface area contributed by atoms with Crippen LogP contribution in [0.1, 0.15) is 6.92 Å². The molecule has 128 valence electrons. The van der Waals surface area contributed by atoms with Gasteiger partial charge in [-0.25, -0.2) is 4.68 Å². The number of rotatable bonds is 6. The van der Waals surface area contributed by atoms with Crippen LogP contribution in [0.4, 0.5) is 5.69 Å². The molecule has 0 saturated heterocycles. The number of carbonyl (C=O) groups excluding carboxylic acids is 1. The first-order valence-corrected chi connectivity index (χ1v) is 8.45. The molecule has 0 bridgehead atoms. The second-order valence-electron chi connectivity index (χ2n) is 5.21. The number of nitrogens with two attached hydrogens (primary N) is 1. The number of benzene rings is 2. The SMILES string of the molecule is CC(Sc1nncn1N)C(=O)Nc1ccc(Oc2ccccc2)cc1. The Morgan fingerprint density at radius 2 is 1.84 bits per heavy atom. The topological polar surface area (TPSA) is 95.1 Å². The molecular weight excluding hydrogens is 338 g/mol. The Morgan fingerprint density at radius 3 is 2.48 bits per heavy atom. The quantitative estimate of drug-likeness (QED) is 0.521. The van der Waals surface area contributed by atoms with E-state index in [4.69, 9.17) is 10.6 Å². The first-order chi connectivity index (χ1) is 12.1. The number of anilines is 1. The molecule has 3 aromatic rings. The molecule has 3 rings (SSSR count). The van der Waals surface area contributed by atoms with Crippen molar-refractivity contribution in [2.75, 3.05) is 11.2 Å². The lowest BCUT2D eigenvalue weighted by Crippen LogP contribution is -2.23. The fourth-order valence-electron chi connectivity index (χ4n) is 2.00. The van der Waals surface area contributed by atoms with Crippen LogP contribution in [0.15, 0.2) is 66.1 Å². The molecule has 1 aromatic heterocycles. The molecule has 1 unspecified atom stereocenters. The maximum Gasteiger partial charge on any atom is 0.237 e. The van der Waals surface area contributed by atoms with Crippen molar-refractivity contribution in [3.05, 3.63) is 60.9 Å². The number of nitrogens with one attached hydrogen (secondary N) is 1. The number of nitrogen functional groups attached to an aromatic ring is 1. The van der Waals surface area contributed by atoms with Crippen LogP contribution in [0.25, 0.3) is 0 Å². The summed E-state index contributed by atoms with van der Waals surface area (Å²) in [7, 11) is 0. The van der Waals surface area contributed by atoms with Gasteiger partial charge in [0.2, 0.25) is 11.1 Å². The highest BCUT2D eigenvalue weighted by Crippen LogP contribution is 2.24. The maximum atomic E-state index is 12.3. The predicted molar refractivity (Wildman–Crippen MR) is 97.1 cm³/mol. The Labute approximate surface area is 149 Å². The lowest BCUT2D eigenvalue weighted by Gasteiger charge is -2.12. The normalized spacial score (nSPS) is 11.7. The number of amides is 1. The van der Waals surface area contributed by atoms with E-state index in [1.54, 1.807) is 31.2 Å². The van der Waals surface area contributed by atoms with Gasteiger partial charge in [-0.05, 0) is 43.3 Å². The van der Waals surface area contributed by atoms with E-state index in [2.05, 4.69) is 15.5 Å². The molecule has 8 heteroatoms. The molecule has 3 N–H and O–H groups in total. The molecule has 7 nitrogen and oxygen atoms in total. The number of para-hydroxylation sites is 1. The number of aromatic nitrogens is 3. The first kappa shape index (κ1) is 16.8. The van der Waals surface area contributed by atoms with E-state index in [0.717, 1.165) is 5.75 Å². The lowest BCUT2D eigenvalue weighted by molar-refractivity contribution is -0.115. The molecule has 0 aliphatic carbocycles. The van der Waals surface area contributed by atoms with Crippen LogP contribution in [0.3, 0.4) is 0 Å². The maximum absolute atomic E-state index is 12.3. The minimum absolute atomic E-state index is 0.148. The summed E-state index contributed by atoms with van der Waals surface area (Å²) in [6, 6.07) is 16.7. The number of carbonyl (C=O) groups is 1. The second-order valence-corrected chi connectivity index (χ2v) is 6.52. The average molecular weight is 355 g/mol. The van der Waals surface area contributed by atoms with Crippen LogP contribution in [0, 0.1) is 0 Å². The fraction of sp³-hybridized carbons (Fsp3) is 0.118. The van der Waals surface area contributed by atoms with Crippen molar-refractivity contribution in [3.63, 3.8) is 0 Å². The molecular formula is C17H17N5O2S. The summed E-state index contributed by atoms with van der Waals surface area (Å²) in [5.74, 6) is 6.95. The summed E-state index contributed by atoms with van der Waals surface area (Å²) >= 11 is 1.24. The van der Waals surface area contributed by atoms with Crippen molar-refractivity contribution in [3.8, 4) is 11.5 Å². The standard InChI is InChI=1S/C17H17N5O2S/c1-12(25-17-21-19-11-22(17)18)16(23)20-13-7-9-15(10-8-13)24-14-5-3-2-4-6-14/h2-12H,18H2,1H3,(H,20,23). The Bertz CT molecular complexity index is 836. The van der Waals surface area contributed by atoms with Crippen LogP contribution in [-0.2, 0) is 4.79 Å². The monoisotopic (exact) mass is 355 g/mol. The number of hydrogen-bond acceptors (Lipinski definition) is 6.